The predicted molar refractivity (Wildman–Crippen MR) is 58.3 cm³/mol. The van der Waals surface area contributed by atoms with Crippen molar-refractivity contribution in [3.8, 4) is 5.75 Å². The Balaban J connectivity index is 2.97. The number of anilines is 1. The van der Waals surface area contributed by atoms with Crippen LogP contribution >= 0.6 is 15.9 Å². The topological polar surface area (TPSA) is 77.3 Å². The highest BCUT2D eigenvalue weighted by atomic mass is 79.9. The number of halogens is 1. The first kappa shape index (κ1) is 11.7. The molecule has 1 aromatic heterocycles. The summed E-state index contributed by atoms with van der Waals surface area (Å²) in [6.45, 7) is 3.84. The molecule has 0 aliphatic carbocycles. The third-order valence-corrected chi connectivity index (χ3v) is 1.88. The number of hydrogen-bond acceptors (Lipinski definition) is 5. The second-order valence-electron chi connectivity index (χ2n) is 3.12. The minimum atomic E-state index is -0.865. The smallest absolute Gasteiger partial charge is 0.299 e. The summed E-state index contributed by atoms with van der Waals surface area (Å²) in [7, 11) is 0. The molecular weight excluding hydrogens is 266 g/mol. The van der Waals surface area contributed by atoms with Crippen molar-refractivity contribution in [1.82, 2.24) is 4.98 Å². The molecule has 6 nitrogen and oxygen atoms in total. The first-order valence-electron chi connectivity index (χ1n) is 4.23. The molecule has 0 fully saturated rings. The summed E-state index contributed by atoms with van der Waals surface area (Å²) in [6.07, 6.45) is 1.29. The second-order valence-corrected chi connectivity index (χ2v) is 3.93. The van der Waals surface area contributed by atoms with E-state index in [1.54, 1.807) is 6.07 Å². The lowest BCUT2D eigenvalue weighted by Crippen LogP contribution is -2.13. The van der Waals surface area contributed by atoms with E-state index in [9.17, 15) is 10.1 Å². The van der Waals surface area contributed by atoms with E-state index in [0.29, 0.717) is 10.3 Å². The first-order valence-corrected chi connectivity index (χ1v) is 5.03. The third kappa shape index (κ3) is 3.70. The predicted octanol–water partition coefficient (Wildman–Crippen LogP) is 2.23. The van der Waals surface area contributed by atoms with E-state index in [1.807, 2.05) is 13.8 Å². The zero-order valence-corrected chi connectivity index (χ0v) is 9.82. The first-order chi connectivity index (χ1) is 6.99. The maximum Gasteiger partial charge on any atom is 0.299 e. The standard InChI is InChI=1S/C8H10BrN3O3/c1-5(2)11-6-3-8(9)10-4-7(6)15-12(13)14/h3-5H,1-2H3,(H,10,11). The molecule has 0 aliphatic rings. The van der Waals surface area contributed by atoms with Gasteiger partial charge in [-0.3, -0.25) is 4.84 Å². The molecule has 82 valence electrons. The molecule has 0 saturated heterocycles. The highest BCUT2D eigenvalue weighted by molar-refractivity contribution is 9.10. The van der Waals surface area contributed by atoms with Crippen molar-refractivity contribution in [2.75, 3.05) is 5.32 Å². The van der Waals surface area contributed by atoms with E-state index in [2.05, 4.69) is 31.1 Å². The van der Waals surface area contributed by atoms with Crippen LogP contribution in [0.15, 0.2) is 16.9 Å². The van der Waals surface area contributed by atoms with E-state index in [0.717, 1.165) is 0 Å². The highest BCUT2D eigenvalue weighted by Gasteiger charge is 2.09. The Kier molecular flexibility index (Phi) is 3.84. The lowest BCUT2D eigenvalue weighted by atomic mass is 10.3. The fourth-order valence-electron chi connectivity index (χ4n) is 0.994. The number of aromatic nitrogens is 1. The van der Waals surface area contributed by atoms with Crippen molar-refractivity contribution in [1.29, 1.82) is 0 Å². The summed E-state index contributed by atoms with van der Waals surface area (Å²) in [4.78, 5) is 18.4. The molecule has 0 atom stereocenters. The summed E-state index contributed by atoms with van der Waals surface area (Å²) >= 11 is 3.18. The fraction of sp³-hybridized carbons (Fsp3) is 0.375. The molecule has 1 N–H and O–H groups in total. The van der Waals surface area contributed by atoms with Crippen molar-refractivity contribution < 1.29 is 9.92 Å². The maximum atomic E-state index is 10.2. The molecule has 0 saturated carbocycles. The molecule has 0 aliphatic heterocycles. The van der Waals surface area contributed by atoms with Gasteiger partial charge in [-0.05, 0) is 35.8 Å². The van der Waals surface area contributed by atoms with Crippen LogP contribution in [0.25, 0.3) is 0 Å². The van der Waals surface area contributed by atoms with Gasteiger partial charge in [-0.2, -0.15) is 0 Å². The second kappa shape index (κ2) is 4.92. The lowest BCUT2D eigenvalue weighted by Gasteiger charge is -2.12. The average Bonchev–Trinajstić information content (AvgIpc) is 2.08. The molecule has 0 unspecified atom stereocenters. The van der Waals surface area contributed by atoms with Gasteiger partial charge in [0.05, 0.1) is 11.9 Å². The van der Waals surface area contributed by atoms with Gasteiger partial charge in [0.2, 0.25) is 0 Å². The minimum absolute atomic E-state index is 0.0944. The number of rotatable bonds is 4. The van der Waals surface area contributed by atoms with Crippen LogP contribution in [-0.2, 0) is 0 Å². The normalized spacial score (nSPS) is 10.1. The van der Waals surface area contributed by atoms with Crippen LogP contribution in [0.5, 0.6) is 5.75 Å². The van der Waals surface area contributed by atoms with Crippen molar-refractivity contribution in [2.45, 2.75) is 19.9 Å². The van der Waals surface area contributed by atoms with Crippen LogP contribution in [-0.4, -0.2) is 16.1 Å². The fourth-order valence-corrected chi connectivity index (χ4v) is 1.33. The van der Waals surface area contributed by atoms with Gasteiger partial charge in [-0.25, -0.2) is 4.98 Å². The van der Waals surface area contributed by atoms with E-state index < -0.39 is 5.09 Å². The van der Waals surface area contributed by atoms with E-state index in [1.165, 1.54) is 6.20 Å². The summed E-state index contributed by atoms with van der Waals surface area (Å²) < 4.78 is 0.585. The molecule has 0 spiro atoms. The largest absolute Gasteiger partial charge is 0.381 e. The average molecular weight is 276 g/mol. The molecule has 0 amide bonds. The molecule has 15 heavy (non-hydrogen) atoms. The molecular formula is C8H10BrN3O3. The SMILES string of the molecule is CC(C)Nc1cc(Br)ncc1O[N+](=O)[O-]. The Bertz CT molecular complexity index is 370. The van der Waals surface area contributed by atoms with Crippen molar-refractivity contribution in [3.05, 3.63) is 27.0 Å². The Morgan fingerprint density at radius 3 is 2.87 bits per heavy atom. The summed E-state index contributed by atoms with van der Waals surface area (Å²) in [5.41, 5.74) is 0.531. The van der Waals surface area contributed by atoms with Crippen LogP contribution in [0.2, 0.25) is 0 Å². The number of hydrogen-bond donors (Lipinski definition) is 1. The van der Waals surface area contributed by atoms with Crippen LogP contribution in [0.4, 0.5) is 5.69 Å². The highest BCUT2D eigenvalue weighted by Crippen LogP contribution is 2.26. The van der Waals surface area contributed by atoms with Gasteiger partial charge in [0, 0.05) is 6.04 Å². The van der Waals surface area contributed by atoms with Crippen LogP contribution < -0.4 is 10.2 Å². The zero-order valence-electron chi connectivity index (χ0n) is 8.23. The zero-order chi connectivity index (χ0) is 11.4. The number of nitrogens with one attached hydrogen (secondary N) is 1. The summed E-state index contributed by atoms with van der Waals surface area (Å²) in [6, 6.07) is 1.77. The van der Waals surface area contributed by atoms with Crippen LogP contribution in [0, 0.1) is 10.1 Å². The van der Waals surface area contributed by atoms with Gasteiger partial charge in [-0.15, -0.1) is 10.1 Å². The molecule has 0 aromatic carbocycles. The maximum absolute atomic E-state index is 10.2. The van der Waals surface area contributed by atoms with E-state index >= 15 is 0 Å². The Labute approximate surface area is 94.9 Å². The quantitative estimate of drug-likeness (QED) is 0.518. The van der Waals surface area contributed by atoms with E-state index in [4.69, 9.17) is 0 Å². The Hall–Kier alpha value is -1.37. The van der Waals surface area contributed by atoms with E-state index in [-0.39, 0.29) is 11.8 Å². The molecule has 0 radical (unpaired) electrons. The Morgan fingerprint density at radius 1 is 1.67 bits per heavy atom. The molecule has 7 heteroatoms. The van der Waals surface area contributed by atoms with Gasteiger partial charge in [0.15, 0.2) is 5.75 Å². The minimum Gasteiger partial charge on any atom is -0.381 e. The molecule has 1 aromatic rings. The van der Waals surface area contributed by atoms with Gasteiger partial charge >= 0.3 is 0 Å². The lowest BCUT2D eigenvalue weighted by molar-refractivity contribution is -0.710. The van der Waals surface area contributed by atoms with Gasteiger partial charge in [0.1, 0.15) is 4.60 Å². The monoisotopic (exact) mass is 275 g/mol. The number of nitrogens with zero attached hydrogens (tertiary/aromatic N) is 2. The van der Waals surface area contributed by atoms with Gasteiger partial charge in [-0.1, -0.05) is 0 Å². The summed E-state index contributed by atoms with van der Waals surface area (Å²) in [5, 5.41) is 12.4. The number of pyridine rings is 1. The summed E-state index contributed by atoms with van der Waals surface area (Å²) in [5.74, 6) is 0.0944. The van der Waals surface area contributed by atoms with Crippen LogP contribution in [0.1, 0.15) is 13.8 Å². The van der Waals surface area contributed by atoms with Gasteiger partial charge in [0.25, 0.3) is 5.09 Å². The Morgan fingerprint density at radius 2 is 2.33 bits per heavy atom. The third-order valence-electron chi connectivity index (χ3n) is 1.45. The van der Waals surface area contributed by atoms with Crippen molar-refractivity contribution >= 4 is 21.6 Å². The molecule has 1 heterocycles. The van der Waals surface area contributed by atoms with Crippen molar-refractivity contribution in [2.24, 2.45) is 0 Å². The van der Waals surface area contributed by atoms with Crippen molar-refractivity contribution in [3.63, 3.8) is 0 Å². The van der Waals surface area contributed by atoms with Gasteiger partial charge < -0.3 is 5.32 Å². The molecule has 0 bridgehead atoms. The molecule has 1 rings (SSSR count). The van der Waals surface area contributed by atoms with Crippen LogP contribution in [0.3, 0.4) is 0 Å².